The first-order valence-electron chi connectivity index (χ1n) is 6.07. The van der Waals surface area contributed by atoms with Crippen molar-refractivity contribution in [3.63, 3.8) is 0 Å². The normalized spacial score (nSPS) is 7.61. The van der Waals surface area contributed by atoms with E-state index in [0.29, 0.717) is 18.7 Å². The number of hydrogen-bond acceptors (Lipinski definition) is 4. The Hall–Kier alpha value is -1.21. The zero-order valence-corrected chi connectivity index (χ0v) is 15.1. The van der Waals surface area contributed by atoms with Gasteiger partial charge in [-0.2, -0.15) is 18.6 Å². The Balaban J connectivity index is -0.000000128. The topological polar surface area (TPSA) is 119 Å². The summed E-state index contributed by atoms with van der Waals surface area (Å²) >= 11 is 0. The molecule has 7 N–H and O–H groups in total. The molecule has 23 heavy (non-hydrogen) atoms. The molecule has 0 saturated heterocycles. The SMILES string of the molecule is NCCN.[CH2-]c1ccc(O)c(C(C)=O)c1.[Cl-].[Cl-].[Cu+2].c1c[nH+]c[nH]1. The Bertz CT molecular complexity index is 480. The van der Waals surface area contributed by atoms with E-state index in [1.807, 2.05) is 12.4 Å². The van der Waals surface area contributed by atoms with Gasteiger partial charge in [-0.25, -0.2) is 0 Å². The van der Waals surface area contributed by atoms with Crippen LogP contribution in [0.4, 0.5) is 0 Å². The summed E-state index contributed by atoms with van der Waals surface area (Å²) in [6.45, 7) is 6.25. The molecule has 0 saturated carbocycles. The molecule has 135 valence electrons. The molecule has 1 heterocycles. The first-order valence-corrected chi connectivity index (χ1v) is 6.07. The van der Waals surface area contributed by atoms with Gasteiger partial charge in [-0.3, -0.25) is 14.8 Å². The molecule has 0 aliphatic rings. The molecule has 2 rings (SSSR count). The molecule has 0 aliphatic heterocycles. The third kappa shape index (κ3) is 15.5. The first kappa shape index (κ1) is 29.8. The number of carbonyl (C=O) groups excluding carboxylic acids is 1. The molecule has 0 bridgehead atoms. The number of aromatic amines is 2. The second-order valence-electron chi connectivity index (χ2n) is 3.80. The Morgan fingerprint density at radius 1 is 1.30 bits per heavy atom. The molecule has 0 amide bonds. The van der Waals surface area contributed by atoms with Crippen molar-refractivity contribution in [2.24, 2.45) is 11.5 Å². The summed E-state index contributed by atoms with van der Waals surface area (Å²) in [7, 11) is 0. The maximum Gasteiger partial charge on any atom is 2.00 e. The maximum absolute atomic E-state index is 10.8. The van der Waals surface area contributed by atoms with E-state index in [4.69, 9.17) is 16.6 Å². The number of ketones is 1. The van der Waals surface area contributed by atoms with Crippen molar-refractivity contribution < 1.29 is 56.8 Å². The van der Waals surface area contributed by atoms with Crippen LogP contribution >= 0.6 is 0 Å². The fourth-order valence-corrected chi connectivity index (χ4v) is 1.11. The average molecular weight is 413 g/mol. The van der Waals surface area contributed by atoms with E-state index in [9.17, 15) is 4.79 Å². The van der Waals surface area contributed by atoms with Crippen LogP contribution in [0.1, 0.15) is 22.8 Å². The van der Waals surface area contributed by atoms with Gasteiger partial charge in [-0.1, -0.05) is 6.07 Å². The van der Waals surface area contributed by atoms with Crippen molar-refractivity contribution in [2.45, 2.75) is 6.92 Å². The van der Waals surface area contributed by atoms with Crippen molar-refractivity contribution in [2.75, 3.05) is 13.1 Å². The number of aromatic hydroxyl groups is 1. The number of rotatable bonds is 2. The van der Waals surface area contributed by atoms with Crippen LogP contribution in [-0.2, 0) is 17.1 Å². The van der Waals surface area contributed by atoms with Crippen LogP contribution in [0.25, 0.3) is 0 Å². The first-order chi connectivity index (χ1) is 9.52. The standard InChI is InChI=1S/C9H9O2.C3H4N2.C2H8N2.2ClH.Cu/c1-6-3-4-9(11)8(5-6)7(2)10;1-2-5-3-4-1;3-1-2-4;;;/h3-5,11H,1H2,2H3;1-3H,(H,4,5);1-4H2;2*1H;/q-1;;;;;+2/p-1. The minimum Gasteiger partial charge on any atom is -1.00 e. The number of nitrogens with one attached hydrogen (secondary N) is 2. The fraction of sp³-hybridized carbons (Fsp3) is 0.214. The number of Topliss-reactive ketones (excluding diaryl/α,β-unsaturated/α-hetero) is 1. The summed E-state index contributed by atoms with van der Waals surface area (Å²) in [5, 5.41) is 9.16. The van der Waals surface area contributed by atoms with Gasteiger partial charge >= 0.3 is 17.1 Å². The van der Waals surface area contributed by atoms with Gasteiger partial charge in [-0.15, -0.1) is 6.07 Å². The number of nitrogens with two attached hydrogens (primary N) is 2. The van der Waals surface area contributed by atoms with E-state index in [-0.39, 0.29) is 53.4 Å². The molecule has 0 unspecified atom stereocenters. The third-order valence-corrected chi connectivity index (χ3v) is 2.05. The molecule has 1 aromatic heterocycles. The smallest absolute Gasteiger partial charge is 1.00 e. The number of benzene rings is 1. The molecule has 0 atom stereocenters. The predicted octanol–water partition coefficient (Wildman–Crippen LogP) is -5.48. The van der Waals surface area contributed by atoms with E-state index in [1.165, 1.54) is 13.0 Å². The number of phenols is 1. The minimum absolute atomic E-state index is 0. The van der Waals surface area contributed by atoms with E-state index in [0.717, 1.165) is 5.56 Å². The molecule has 0 spiro atoms. The molecular weight excluding hydrogens is 391 g/mol. The summed E-state index contributed by atoms with van der Waals surface area (Å²) in [6.07, 6.45) is 5.39. The molecule has 1 aromatic carbocycles. The Morgan fingerprint density at radius 3 is 2.13 bits per heavy atom. The van der Waals surface area contributed by atoms with E-state index < -0.39 is 0 Å². The van der Waals surface area contributed by atoms with E-state index in [2.05, 4.69) is 16.9 Å². The number of hydrogen-bond donors (Lipinski definition) is 4. The van der Waals surface area contributed by atoms with E-state index >= 15 is 0 Å². The maximum atomic E-state index is 10.8. The number of phenolic OH excluding ortho intramolecular Hbond substituents is 1. The Kier molecular flexibility index (Phi) is 24.4. The van der Waals surface area contributed by atoms with Crippen LogP contribution in [0.15, 0.2) is 36.9 Å². The van der Waals surface area contributed by atoms with Crippen LogP contribution in [0.3, 0.4) is 0 Å². The molecule has 9 heteroatoms. The summed E-state index contributed by atoms with van der Waals surface area (Å²) in [6, 6.07) is 4.69. The van der Waals surface area contributed by atoms with Crippen LogP contribution in [0, 0.1) is 6.92 Å². The quantitative estimate of drug-likeness (QED) is 0.223. The van der Waals surface area contributed by atoms with Gasteiger partial charge in [0.2, 0.25) is 6.33 Å². The predicted molar refractivity (Wildman–Crippen MR) is 78.0 cm³/mol. The molecule has 1 radical (unpaired) electrons. The number of imidazole rings is 1. The van der Waals surface area contributed by atoms with Crippen molar-refractivity contribution in [3.05, 3.63) is 55.0 Å². The second-order valence-corrected chi connectivity index (χ2v) is 3.80. The Labute approximate surface area is 159 Å². The van der Waals surface area contributed by atoms with Gasteiger partial charge in [-0.05, 0) is 6.92 Å². The van der Waals surface area contributed by atoms with Gasteiger partial charge in [0.25, 0.3) is 0 Å². The van der Waals surface area contributed by atoms with Gasteiger partial charge in [0.15, 0.2) is 5.78 Å². The van der Waals surface area contributed by atoms with Gasteiger partial charge in [0.1, 0.15) is 18.1 Å². The van der Waals surface area contributed by atoms with E-state index in [1.54, 1.807) is 18.5 Å². The van der Waals surface area contributed by atoms with Crippen molar-refractivity contribution in [3.8, 4) is 5.75 Å². The summed E-state index contributed by atoms with van der Waals surface area (Å²) in [5.74, 6) is -0.127. The largest absolute Gasteiger partial charge is 2.00 e. The number of carbonyl (C=O) groups is 1. The minimum atomic E-state index is -0.145. The number of halogens is 2. The summed E-state index contributed by atoms with van der Waals surface area (Å²) in [4.78, 5) is 16.4. The number of aromatic nitrogens is 2. The van der Waals surface area contributed by atoms with Crippen molar-refractivity contribution in [1.82, 2.24) is 4.98 Å². The van der Waals surface area contributed by atoms with Crippen LogP contribution in [-0.4, -0.2) is 29.0 Å². The molecule has 2 aromatic rings. The Morgan fingerprint density at radius 2 is 1.87 bits per heavy atom. The van der Waals surface area contributed by atoms with Crippen LogP contribution < -0.4 is 41.3 Å². The van der Waals surface area contributed by atoms with Gasteiger partial charge < -0.3 is 41.4 Å². The number of H-pyrrole nitrogens is 2. The van der Waals surface area contributed by atoms with Crippen molar-refractivity contribution in [1.29, 1.82) is 0 Å². The van der Waals surface area contributed by atoms with Crippen LogP contribution in [0.2, 0.25) is 0 Å². The fourth-order valence-electron chi connectivity index (χ4n) is 1.11. The van der Waals surface area contributed by atoms with Gasteiger partial charge in [0, 0.05) is 18.7 Å². The van der Waals surface area contributed by atoms with Crippen LogP contribution in [0.5, 0.6) is 5.75 Å². The second kappa shape index (κ2) is 18.8. The zero-order chi connectivity index (χ0) is 15.4. The molecular formula is C14H22Cl2CuN4O2. The molecule has 0 aliphatic carbocycles. The zero-order valence-electron chi connectivity index (χ0n) is 12.7. The third-order valence-electron chi connectivity index (χ3n) is 2.05. The monoisotopic (exact) mass is 411 g/mol. The molecule has 0 fully saturated rings. The summed E-state index contributed by atoms with van der Waals surface area (Å²) < 4.78 is 0. The summed E-state index contributed by atoms with van der Waals surface area (Å²) in [5.41, 5.74) is 10.9. The van der Waals surface area contributed by atoms with Gasteiger partial charge in [0.05, 0.1) is 0 Å². The molecule has 6 nitrogen and oxygen atoms in total. The average Bonchev–Trinajstić information content (AvgIpc) is 3.01. The van der Waals surface area contributed by atoms with Crippen molar-refractivity contribution >= 4 is 5.78 Å².